The Morgan fingerprint density at radius 2 is 2.00 bits per heavy atom. The maximum Gasteiger partial charge on any atom is 0.167 e. The number of hydrogen-bond acceptors (Lipinski definition) is 2. The maximum absolute atomic E-state index is 13.3. The lowest BCUT2D eigenvalue weighted by Gasteiger charge is -2.20. The van der Waals surface area contributed by atoms with Crippen LogP contribution in [0.15, 0.2) is 18.2 Å². The van der Waals surface area contributed by atoms with Crippen LogP contribution in [-0.2, 0) is 0 Å². The lowest BCUT2D eigenvalue weighted by atomic mass is 9.86. The summed E-state index contributed by atoms with van der Waals surface area (Å²) in [6, 6.07) is 4.31. The average Bonchev–Trinajstić information content (AvgIpc) is 2.56. The Labute approximate surface area is 107 Å². The maximum atomic E-state index is 13.3. The first-order valence-electron chi connectivity index (χ1n) is 6.65. The van der Waals surface area contributed by atoms with E-state index < -0.39 is 0 Å². The molecule has 2 atom stereocenters. The standard InChI is InChI=1S/C15H20FNO/c1-10-7-8-11(16)9-13(10)15(18)12-5-3-2-4-6-14(12)17/h7-9,12,14H,2-6,17H2,1H3. The van der Waals surface area contributed by atoms with E-state index in [9.17, 15) is 9.18 Å². The summed E-state index contributed by atoms with van der Waals surface area (Å²) in [6.45, 7) is 1.84. The molecule has 0 radical (unpaired) electrons. The number of halogens is 1. The molecule has 0 heterocycles. The molecule has 1 saturated carbocycles. The minimum Gasteiger partial charge on any atom is -0.327 e. The van der Waals surface area contributed by atoms with Gasteiger partial charge in [0.2, 0.25) is 0 Å². The summed E-state index contributed by atoms with van der Waals surface area (Å²) in [6.07, 6.45) is 4.99. The van der Waals surface area contributed by atoms with E-state index in [1.54, 1.807) is 6.07 Å². The van der Waals surface area contributed by atoms with Crippen LogP contribution in [0.25, 0.3) is 0 Å². The van der Waals surface area contributed by atoms with Crippen LogP contribution in [0.4, 0.5) is 4.39 Å². The Morgan fingerprint density at radius 3 is 2.78 bits per heavy atom. The highest BCUT2D eigenvalue weighted by molar-refractivity contribution is 5.99. The van der Waals surface area contributed by atoms with Crippen molar-refractivity contribution in [3.05, 3.63) is 35.1 Å². The fourth-order valence-corrected chi connectivity index (χ4v) is 2.72. The highest BCUT2D eigenvalue weighted by Gasteiger charge is 2.28. The van der Waals surface area contributed by atoms with Crippen molar-refractivity contribution in [1.82, 2.24) is 0 Å². The van der Waals surface area contributed by atoms with Gasteiger partial charge in [0.1, 0.15) is 5.82 Å². The van der Waals surface area contributed by atoms with Crippen LogP contribution in [-0.4, -0.2) is 11.8 Å². The molecule has 1 aromatic rings. The van der Waals surface area contributed by atoms with Crippen LogP contribution in [0.1, 0.15) is 48.0 Å². The normalized spacial score (nSPS) is 24.6. The largest absolute Gasteiger partial charge is 0.327 e. The summed E-state index contributed by atoms with van der Waals surface area (Å²) in [5.41, 5.74) is 7.42. The van der Waals surface area contributed by atoms with E-state index in [1.807, 2.05) is 6.92 Å². The minimum atomic E-state index is -0.355. The molecular weight excluding hydrogens is 229 g/mol. The van der Waals surface area contributed by atoms with Crippen molar-refractivity contribution in [1.29, 1.82) is 0 Å². The summed E-state index contributed by atoms with van der Waals surface area (Å²) in [4.78, 5) is 12.5. The SMILES string of the molecule is Cc1ccc(F)cc1C(=O)C1CCCCCC1N. The van der Waals surface area contributed by atoms with Crippen LogP contribution in [0.2, 0.25) is 0 Å². The molecule has 1 aromatic carbocycles. The van der Waals surface area contributed by atoms with Crippen molar-refractivity contribution in [2.75, 3.05) is 0 Å². The van der Waals surface area contributed by atoms with Gasteiger partial charge in [0.05, 0.1) is 0 Å². The van der Waals surface area contributed by atoms with Gasteiger partial charge in [-0.3, -0.25) is 4.79 Å². The Morgan fingerprint density at radius 1 is 1.28 bits per heavy atom. The summed E-state index contributed by atoms with van der Waals surface area (Å²) in [5.74, 6) is -0.486. The van der Waals surface area contributed by atoms with Crippen molar-refractivity contribution in [3.63, 3.8) is 0 Å². The number of rotatable bonds is 2. The second kappa shape index (κ2) is 5.61. The number of Topliss-reactive ketones (excluding diaryl/α,β-unsaturated/α-hetero) is 1. The molecule has 98 valence electrons. The third kappa shape index (κ3) is 2.78. The predicted molar refractivity (Wildman–Crippen MR) is 70.0 cm³/mol. The predicted octanol–water partition coefficient (Wildman–Crippen LogP) is 3.22. The quantitative estimate of drug-likeness (QED) is 0.646. The molecule has 0 spiro atoms. The van der Waals surface area contributed by atoms with E-state index >= 15 is 0 Å². The molecule has 0 aromatic heterocycles. The summed E-state index contributed by atoms with van der Waals surface area (Å²) in [7, 11) is 0. The fourth-order valence-electron chi connectivity index (χ4n) is 2.72. The molecule has 0 amide bonds. The molecular formula is C15H20FNO. The Bertz CT molecular complexity index is 444. The first kappa shape index (κ1) is 13.2. The minimum absolute atomic E-state index is 0.0152. The van der Waals surface area contributed by atoms with Gasteiger partial charge in [-0.05, 0) is 37.5 Å². The molecule has 3 heteroatoms. The lowest BCUT2D eigenvalue weighted by molar-refractivity contribution is 0.0893. The van der Waals surface area contributed by atoms with Crippen molar-refractivity contribution in [3.8, 4) is 0 Å². The van der Waals surface area contributed by atoms with Crippen molar-refractivity contribution in [2.24, 2.45) is 11.7 Å². The van der Waals surface area contributed by atoms with Gasteiger partial charge in [0.25, 0.3) is 0 Å². The lowest BCUT2D eigenvalue weighted by Crippen LogP contribution is -2.35. The molecule has 1 fully saturated rings. The van der Waals surface area contributed by atoms with Crippen LogP contribution < -0.4 is 5.73 Å². The van der Waals surface area contributed by atoms with Crippen molar-refractivity contribution in [2.45, 2.75) is 45.1 Å². The highest BCUT2D eigenvalue weighted by Crippen LogP contribution is 2.26. The van der Waals surface area contributed by atoms with Gasteiger partial charge < -0.3 is 5.73 Å². The number of nitrogens with two attached hydrogens (primary N) is 1. The third-order valence-electron chi connectivity index (χ3n) is 3.87. The number of aryl methyl sites for hydroxylation is 1. The van der Waals surface area contributed by atoms with Gasteiger partial charge in [-0.25, -0.2) is 4.39 Å². The number of ketones is 1. The van der Waals surface area contributed by atoms with Crippen LogP contribution in [0.3, 0.4) is 0 Å². The topological polar surface area (TPSA) is 43.1 Å². The van der Waals surface area contributed by atoms with Crippen LogP contribution in [0.5, 0.6) is 0 Å². The monoisotopic (exact) mass is 249 g/mol. The van der Waals surface area contributed by atoms with Gasteiger partial charge in [0, 0.05) is 17.5 Å². The number of carbonyl (C=O) groups is 1. The smallest absolute Gasteiger partial charge is 0.167 e. The van der Waals surface area contributed by atoms with Gasteiger partial charge in [-0.2, -0.15) is 0 Å². The Hall–Kier alpha value is -1.22. The van der Waals surface area contributed by atoms with E-state index in [-0.39, 0.29) is 23.6 Å². The van der Waals surface area contributed by atoms with E-state index in [1.165, 1.54) is 12.1 Å². The van der Waals surface area contributed by atoms with Gasteiger partial charge in [0.15, 0.2) is 5.78 Å². The first-order valence-corrected chi connectivity index (χ1v) is 6.65. The molecule has 2 nitrogen and oxygen atoms in total. The third-order valence-corrected chi connectivity index (χ3v) is 3.87. The summed E-state index contributed by atoms with van der Waals surface area (Å²) >= 11 is 0. The molecule has 1 aliphatic rings. The number of benzene rings is 1. The zero-order valence-electron chi connectivity index (χ0n) is 10.8. The molecule has 0 bridgehead atoms. The fraction of sp³-hybridized carbons (Fsp3) is 0.533. The van der Waals surface area contributed by atoms with Gasteiger partial charge in [-0.1, -0.05) is 25.3 Å². The summed E-state index contributed by atoms with van der Waals surface area (Å²) < 4.78 is 13.3. The number of hydrogen-bond donors (Lipinski definition) is 1. The molecule has 2 unspecified atom stereocenters. The van der Waals surface area contributed by atoms with Crippen LogP contribution in [0, 0.1) is 18.7 Å². The van der Waals surface area contributed by atoms with Crippen molar-refractivity contribution >= 4 is 5.78 Å². The molecule has 0 aliphatic heterocycles. The van der Waals surface area contributed by atoms with Gasteiger partial charge >= 0.3 is 0 Å². The first-order chi connectivity index (χ1) is 8.59. The summed E-state index contributed by atoms with van der Waals surface area (Å²) in [5, 5.41) is 0. The van der Waals surface area contributed by atoms with E-state index in [2.05, 4.69) is 0 Å². The zero-order valence-corrected chi connectivity index (χ0v) is 10.8. The molecule has 2 N–H and O–H groups in total. The second-order valence-corrected chi connectivity index (χ2v) is 5.23. The molecule has 18 heavy (non-hydrogen) atoms. The Balaban J connectivity index is 2.26. The molecule has 1 aliphatic carbocycles. The average molecular weight is 249 g/mol. The van der Waals surface area contributed by atoms with E-state index in [4.69, 9.17) is 5.73 Å². The van der Waals surface area contributed by atoms with Gasteiger partial charge in [-0.15, -0.1) is 0 Å². The molecule has 0 saturated heterocycles. The second-order valence-electron chi connectivity index (χ2n) is 5.23. The van der Waals surface area contributed by atoms with Crippen molar-refractivity contribution < 1.29 is 9.18 Å². The molecule has 2 rings (SSSR count). The van der Waals surface area contributed by atoms with Crippen LogP contribution >= 0.6 is 0 Å². The Kier molecular flexibility index (Phi) is 4.12. The van der Waals surface area contributed by atoms with E-state index in [0.717, 1.165) is 37.7 Å². The zero-order chi connectivity index (χ0) is 13.1. The highest BCUT2D eigenvalue weighted by atomic mass is 19.1. The number of carbonyl (C=O) groups excluding carboxylic acids is 1. The van der Waals surface area contributed by atoms with E-state index in [0.29, 0.717) is 5.56 Å².